The number of hydrogen-bond donors (Lipinski definition) is 2. The molecule has 0 bridgehead atoms. The summed E-state index contributed by atoms with van der Waals surface area (Å²) in [7, 11) is 0. The van der Waals surface area contributed by atoms with Crippen molar-refractivity contribution in [2.45, 2.75) is 38.1 Å². The highest BCUT2D eigenvalue weighted by molar-refractivity contribution is 5.81. The lowest BCUT2D eigenvalue weighted by molar-refractivity contribution is -0.148. The second-order valence-corrected chi connectivity index (χ2v) is 5.79. The average Bonchev–Trinajstić information content (AvgIpc) is 3.31. The van der Waals surface area contributed by atoms with Crippen molar-refractivity contribution < 1.29 is 14.6 Å². The second-order valence-electron chi connectivity index (χ2n) is 5.79. The minimum atomic E-state index is -1.15. The Kier molecular flexibility index (Phi) is 5.76. The Hall–Kier alpha value is -1.39. The zero-order chi connectivity index (χ0) is 15.1. The number of nitrogens with one attached hydrogen (secondary N) is 1. The highest BCUT2D eigenvalue weighted by Gasteiger charge is 2.40. The Morgan fingerprint density at radius 2 is 2.10 bits per heavy atom. The maximum absolute atomic E-state index is 11.9. The zero-order valence-corrected chi connectivity index (χ0v) is 12.7. The summed E-state index contributed by atoms with van der Waals surface area (Å²) in [6, 6.07) is 9.32. The van der Waals surface area contributed by atoms with Gasteiger partial charge in [-0.2, -0.15) is 0 Å². The number of carbonyl (C=O) groups is 1. The number of carboxylic acid groups (broad SMARTS) is 1. The third-order valence-electron chi connectivity index (χ3n) is 3.99. The molecule has 1 atom stereocenters. The molecule has 2 N–H and O–H groups in total. The Morgan fingerprint density at radius 3 is 2.67 bits per heavy atom. The maximum atomic E-state index is 11.9. The van der Waals surface area contributed by atoms with Gasteiger partial charge in [-0.3, -0.25) is 5.32 Å². The molecule has 0 aromatic heterocycles. The monoisotopic (exact) mass is 291 g/mol. The van der Waals surface area contributed by atoms with Gasteiger partial charge >= 0.3 is 5.97 Å². The standard InChI is InChI=1S/C17H25NO3/c1-2-11-18-17(16(19)20,15-6-4-3-5-7-15)13-21-12-10-14-8-9-14/h3-7,14,18H,2,8-13H2,1H3,(H,19,20). The molecule has 0 spiro atoms. The number of rotatable bonds is 10. The zero-order valence-electron chi connectivity index (χ0n) is 12.7. The van der Waals surface area contributed by atoms with Crippen molar-refractivity contribution in [2.75, 3.05) is 19.8 Å². The van der Waals surface area contributed by atoms with Crippen molar-refractivity contribution >= 4 is 5.97 Å². The fourth-order valence-corrected chi connectivity index (χ4v) is 2.44. The van der Waals surface area contributed by atoms with Gasteiger partial charge in [0, 0.05) is 6.61 Å². The molecule has 1 aromatic carbocycles. The van der Waals surface area contributed by atoms with Crippen LogP contribution in [0, 0.1) is 5.92 Å². The highest BCUT2D eigenvalue weighted by atomic mass is 16.5. The third-order valence-corrected chi connectivity index (χ3v) is 3.99. The first-order valence-electron chi connectivity index (χ1n) is 7.80. The fraction of sp³-hybridized carbons (Fsp3) is 0.588. The van der Waals surface area contributed by atoms with E-state index in [4.69, 9.17) is 4.74 Å². The van der Waals surface area contributed by atoms with Gasteiger partial charge < -0.3 is 9.84 Å². The lowest BCUT2D eigenvalue weighted by atomic mass is 9.90. The molecular formula is C17H25NO3. The molecule has 1 fully saturated rings. The van der Waals surface area contributed by atoms with Crippen molar-refractivity contribution in [1.29, 1.82) is 0 Å². The Balaban J connectivity index is 2.07. The first-order chi connectivity index (χ1) is 10.2. The fourth-order valence-electron chi connectivity index (χ4n) is 2.44. The Labute approximate surface area is 126 Å². The summed E-state index contributed by atoms with van der Waals surface area (Å²) in [5.74, 6) is -0.0851. The molecule has 1 unspecified atom stereocenters. The van der Waals surface area contributed by atoms with Crippen LogP contribution in [0.1, 0.15) is 38.2 Å². The van der Waals surface area contributed by atoms with Crippen molar-refractivity contribution in [3.8, 4) is 0 Å². The largest absolute Gasteiger partial charge is 0.480 e. The van der Waals surface area contributed by atoms with Gasteiger partial charge in [0.05, 0.1) is 6.61 Å². The van der Waals surface area contributed by atoms with Crippen LogP contribution < -0.4 is 5.32 Å². The van der Waals surface area contributed by atoms with E-state index in [1.165, 1.54) is 12.8 Å². The summed E-state index contributed by atoms with van der Waals surface area (Å²) < 4.78 is 5.72. The van der Waals surface area contributed by atoms with Gasteiger partial charge in [0.25, 0.3) is 0 Å². The summed E-state index contributed by atoms with van der Waals surface area (Å²) in [6.45, 7) is 3.48. The van der Waals surface area contributed by atoms with E-state index in [9.17, 15) is 9.90 Å². The molecule has 4 nitrogen and oxygen atoms in total. The van der Waals surface area contributed by atoms with Crippen LogP contribution in [0.3, 0.4) is 0 Å². The second kappa shape index (κ2) is 7.57. The quantitative estimate of drug-likeness (QED) is 0.651. The van der Waals surface area contributed by atoms with Crippen LogP contribution in [0.25, 0.3) is 0 Å². The minimum Gasteiger partial charge on any atom is -0.480 e. The van der Waals surface area contributed by atoms with Crippen LogP contribution in [0.15, 0.2) is 30.3 Å². The molecule has 0 amide bonds. The molecule has 0 saturated heterocycles. The van der Waals surface area contributed by atoms with Crippen LogP contribution in [0.5, 0.6) is 0 Å². The van der Waals surface area contributed by atoms with Crippen LogP contribution in [0.2, 0.25) is 0 Å². The van der Waals surface area contributed by atoms with E-state index in [1.807, 2.05) is 37.3 Å². The number of aliphatic carboxylic acids is 1. The molecule has 1 aliphatic rings. The number of ether oxygens (including phenoxy) is 1. The van der Waals surface area contributed by atoms with E-state index in [0.29, 0.717) is 13.2 Å². The van der Waals surface area contributed by atoms with Gasteiger partial charge in [0.1, 0.15) is 0 Å². The van der Waals surface area contributed by atoms with Crippen molar-refractivity contribution in [2.24, 2.45) is 5.92 Å². The molecule has 4 heteroatoms. The summed E-state index contributed by atoms with van der Waals surface area (Å²) in [5.41, 5.74) is -0.404. The predicted molar refractivity (Wildman–Crippen MR) is 82.2 cm³/mol. The van der Waals surface area contributed by atoms with Crippen molar-refractivity contribution in [3.05, 3.63) is 35.9 Å². The Bertz CT molecular complexity index is 445. The minimum absolute atomic E-state index is 0.166. The molecule has 2 rings (SSSR count). The van der Waals surface area contributed by atoms with Crippen LogP contribution in [0.4, 0.5) is 0 Å². The van der Waals surface area contributed by atoms with E-state index in [2.05, 4.69) is 5.32 Å². The third kappa shape index (κ3) is 4.29. The van der Waals surface area contributed by atoms with Crippen LogP contribution in [-0.2, 0) is 15.1 Å². The molecule has 1 saturated carbocycles. The molecule has 1 aliphatic carbocycles. The number of hydrogen-bond acceptors (Lipinski definition) is 3. The van der Waals surface area contributed by atoms with E-state index >= 15 is 0 Å². The Morgan fingerprint density at radius 1 is 1.38 bits per heavy atom. The molecule has 0 heterocycles. The van der Waals surface area contributed by atoms with Crippen LogP contribution >= 0.6 is 0 Å². The van der Waals surface area contributed by atoms with Gasteiger partial charge in [0.15, 0.2) is 5.54 Å². The summed E-state index contributed by atoms with van der Waals surface area (Å²) in [5, 5.41) is 13.0. The molecule has 0 radical (unpaired) electrons. The van der Waals surface area contributed by atoms with Crippen molar-refractivity contribution in [3.63, 3.8) is 0 Å². The summed E-state index contributed by atoms with van der Waals surface area (Å²) in [6.07, 6.45) is 4.50. The van der Waals surface area contributed by atoms with Gasteiger partial charge in [0.2, 0.25) is 0 Å². The van der Waals surface area contributed by atoms with E-state index in [0.717, 1.165) is 24.3 Å². The van der Waals surface area contributed by atoms with Gasteiger partial charge in [-0.25, -0.2) is 4.79 Å². The molecule has 1 aromatic rings. The van der Waals surface area contributed by atoms with Gasteiger partial charge in [-0.1, -0.05) is 50.1 Å². The first-order valence-corrected chi connectivity index (χ1v) is 7.80. The summed E-state index contributed by atoms with van der Waals surface area (Å²) >= 11 is 0. The van der Waals surface area contributed by atoms with E-state index in [1.54, 1.807) is 0 Å². The van der Waals surface area contributed by atoms with Crippen molar-refractivity contribution in [1.82, 2.24) is 5.32 Å². The maximum Gasteiger partial charge on any atom is 0.331 e. The lowest BCUT2D eigenvalue weighted by Gasteiger charge is -2.31. The first kappa shape index (κ1) is 16.0. The lowest BCUT2D eigenvalue weighted by Crippen LogP contribution is -2.53. The molecular weight excluding hydrogens is 266 g/mol. The van der Waals surface area contributed by atoms with E-state index < -0.39 is 11.5 Å². The highest BCUT2D eigenvalue weighted by Crippen LogP contribution is 2.32. The number of carboxylic acids is 1. The smallest absolute Gasteiger partial charge is 0.331 e. The predicted octanol–water partition coefficient (Wildman–Crippen LogP) is 2.78. The van der Waals surface area contributed by atoms with E-state index in [-0.39, 0.29) is 6.61 Å². The normalized spacial score (nSPS) is 17.4. The summed E-state index contributed by atoms with van der Waals surface area (Å²) in [4.78, 5) is 11.9. The van der Waals surface area contributed by atoms with Crippen LogP contribution in [-0.4, -0.2) is 30.8 Å². The average molecular weight is 291 g/mol. The molecule has 0 aliphatic heterocycles. The molecule has 116 valence electrons. The van der Waals surface area contributed by atoms with Gasteiger partial charge in [-0.05, 0) is 30.9 Å². The van der Waals surface area contributed by atoms with Gasteiger partial charge in [-0.15, -0.1) is 0 Å². The SMILES string of the molecule is CCCNC(COCCC1CC1)(C(=O)O)c1ccccc1. The number of benzene rings is 1. The topological polar surface area (TPSA) is 58.6 Å². The molecule has 21 heavy (non-hydrogen) atoms.